The predicted molar refractivity (Wildman–Crippen MR) is 77.8 cm³/mol. The van der Waals surface area contributed by atoms with Crippen LogP contribution in [0, 0.1) is 11.8 Å². The summed E-state index contributed by atoms with van der Waals surface area (Å²) in [7, 11) is 1.54. The van der Waals surface area contributed by atoms with Crippen LogP contribution in [0.4, 0.5) is 4.79 Å². The molecule has 0 aromatic carbocycles. The van der Waals surface area contributed by atoms with Crippen molar-refractivity contribution in [3.8, 4) is 0 Å². The van der Waals surface area contributed by atoms with E-state index >= 15 is 0 Å². The number of likely N-dealkylation sites (N-methyl/N-ethyl adjacent to an activating group) is 1. The van der Waals surface area contributed by atoms with Gasteiger partial charge >= 0.3 is 12.0 Å². The second kappa shape index (κ2) is 7.85. The zero-order valence-corrected chi connectivity index (χ0v) is 12.9. The number of nitrogens with zero attached hydrogens (tertiary/aromatic N) is 1. The van der Waals surface area contributed by atoms with E-state index in [4.69, 9.17) is 5.11 Å². The Morgan fingerprint density at radius 1 is 1.29 bits per heavy atom. The third kappa shape index (κ3) is 5.61. The normalized spacial score (nSPS) is 21.1. The smallest absolute Gasteiger partial charge is 0.317 e. The first-order valence-corrected chi connectivity index (χ1v) is 7.32. The lowest BCUT2D eigenvalue weighted by Crippen LogP contribution is -2.46. The zero-order valence-electron chi connectivity index (χ0n) is 12.9. The van der Waals surface area contributed by atoms with E-state index in [1.807, 2.05) is 13.8 Å². The second-order valence-electron chi connectivity index (χ2n) is 5.90. The Morgan fingerprint density at radius 3 is 2.52 bits per heavy atom. The highest BCUT2D eigenvalue weighted by Gasteiger charge is 2.33. The molecule has 0 aromatic heterocycles. The molecule has 0 bridgehead atoms. The van der Waals surface area contributed by atoms with Crippen molar-refractivity contribution in [3.05, 3.63) is 0 Å². The molecular weight excluding hydrogens is 274 g/mol. The molecule has 0 saturated heterocycles. The molecule has 2 unspecified atom stereocenters. The number of hydrogen-bond acceptors (Lipinski definition) is 3. The van der Waals surface area contributed by atoms with Crippen molar-refractivity contribution < 1.29 is 19.5 Å². The summed E-state index contributed by atoms with van der Waals surface area (Å²) in [6, 6.07) is -0.325. The first kappa shape index (κ1) is 17.3. The predicted octanol–water partition coefficient (Wildman–Crippen LogP) is 0.653. The molecule has 0 heterocycles. The summed E-state index contributed by atoms with van der Waals surface area (Å²) in [6.07, 6.45) is 2.36. The minimum atomic E-state index is -0.795. The first-order chi connectivity index (χ1) is 9.81. The number of urea groups is 1. The SMILES string of the molecule is CC(C)NC(=O)CN(C)C(=O)NCC1CCCC1C(=O)O. The molecule has 0 aliphatic heterocycles. The lowest BCUT2D eigenvalue weighted by atomic mass is 9.96. The minimum Gasteiger partial charge on any atom is -0.481 e. The van der Waals surface area contributed by atoms with Crippen molar-refractivity contribution in [2.45, 2.75) is 39.2 Å². The first-order valence-electron chi connectivity index (χ1n) is 7.32. The van der Waals surface area contributed by atoms with E-state index < -0.39 is 5.97 Å². The van der Waals surface area contributed by atoms with Gasteiger partial charge in [-0.05, 0) is 32.6 Å². The van der Waals surface area contributed by atoms with Gasteiger partial charge < -0.3 is 20.6 Å². The van der Waals surface area contributed by atoms with Gasteiger partial charge in [0, 0.05) is 19.6 Å². The highest BCUT2D eigenvalue weighted by Crippen LogP contribution is 2.31. The van der Waals surface area contributed by atoms with E-state index in [1.54, 1.807) is 7.05 Å². The fourth-order valence-electron chi connectivity index (χ4n) is 2.61. The Hall–Kier alpha value is -1.79. The van der Waals surface area contributed by atoms with Gasteiger partial charge in [-0.2, -0.15) is 0 Å². The van der Waals surface area contributed by atoms with Crippen LogP contribution in [0.2, 0.25) is 0 Å². The van der Waals surface area contributed by atoms with Gasteiger partial charge in [-0.15, -0.1) is 0 Å². The van der Waals surface area contributed by atoms with Crippen molar-refractivity contribution in [1.29, 1.82) is 0 Å². The van der Waals surface area contributed by atoms with Gasteiger partial charge in [0.1, 0.15) is 6.54 Å². The van der Waals surface area contributed by atoms with Crippen molar-refractivity contribution in [3.63, 3.8) is 0 Å². The number of aliphatic carboxylic acids is 1. The Labute approximate surface area is 125 Å². The van der Waals surface area contributed by atoms with E-state index in [0.29, 0.717) is 13.0 Å². The molecule has 1 aliphatic rings. The number of carboxylic acids is 1. The molecule has 0 aromatic rings. The molecule has 1 saturated carbocycles. The maximum atomic E-state index is 11.9. The molecule has 7 nitrogen and oxygen atoms in total. The highest BCUT2D eigenvalue weighted by atomic mass is 16.4. The molecule has 21 heavy (non-hydrogen) atoms. The molecule has 3 amide bonds. The number of hydrogen-bond donors (Lipinski definition) is 3. The fourth-order valence-corrected chi connectivity index (χ4v) is 2.61. The summed E-state index contributed by atoms with van der Waals surface area (Å²) < 4.78 is 0. The number of amides is 3. The quantitative estimate of drug-likeness (QED) is 0.670. The van der Waals surface area contributed by atoms with Crippen LogP contribution in [0.15, 0.2) is 0 Å². The van der Waals surface area contributed by atoms with Crippen molar-refractivity contribution in [1.82, 2.24) is 15.5 Å². The van der Waals surface area contributed by atoms with Crippen LogP contribution in [0.1, 0.15) is 33.1 Å². The van der Waals surface area contributed by atoms with Gasteiger partial charge in [0.25, 0.3) is 0 Å². The summed E-state index contributed by atoms with van der Waals surface area (Å²) in [5.41, 5.74) is 0. The summed E-state index contributed by atoms with van der Waals surface area (Å²) in [5, 5.41) is 14.5. The van der Waals surface area contributed by atoms with Gasteiger partial charge in [-0.3, -0.25) is 9.59 Å². The van der Waals surface area contributed by atoms with E-state index in [-0.39, 0.29) is 36.4 Å². The van der Waals surface area contributed by atoms with Gasteiger partial charge in [0.2, 0.25) is 5.91 Å². The third-order valence-corrected chi connectivity index (χ3v) is 3.67. The molecule has 0 spiro atoms. The molecule has 1 fully saturated rings. The summed E-state index contributed by atoms with van der Waals surface area (Å²) in [5.74, 6) is -1.41. The largest absolute Gasteiger partial charge is 0.481 e. The van der Waals surface area contributed by atoms with Crippen LogP contribution in [0.5, 0.6) is 0 Å². The van der Waals surface area contributed by atoms with Crippen molar-refractivity contribution in [2.24, 2.45) is 11.8 Å². The van der Waals surface area contributed by atoms with Crippen LogP contribution in [-0.4, -0.2) is 54.1 Å². The fraction of sp³-hybridized carbons (Fsp3) is 0.786. The van der Waals surface area contributed by atoms with E-state index in [1.165, 1.54) is 4.90 Å². The number of carbonyl (C=O) groups excluding carboxylic acids is 2. The van der Waals surface area contributed by atoms with Gasteiger partial charge in [-0.25, -0.2) is 4.79 Å². The number of carboxylic acid groups (broad SMARTS) is 1. The molecule has 3 N–H and O–H groups in total. The average molecular weight is 299 g/mol. The standard InChI is InChI=1S/C14H25N3O4/c1-9(2)16-12(18)8-17(3)14(21)15-7-10-5-4-6-11(10)13(19)20/h9-11H,4-8H2,1-3H3,(H,15,21)(H,16,18)(H,19,20). The number of nitrogens with one attached hydrogen (secondary N) is 2. The lowest BCUT2D eigenvalue weighted by molar-refractivity contribution is -0.142. The topological polar surface area (TPSA) is 98.7 Å². The van der Waals surface area contributed by atoms with E-state index in [0.717, 1.165) is 12.8 Å². The molecule has 1 aliphatic carbocycles. The van der Waals surface area contributed by atoms with Gasteiger partial charge in [-0.1, -0.05) is 6.42 Å². The van der Waals surface area contributed by atoms with Crippen LogP contribution in [0.3, 0.4) is 0 Å². The average Bonchev–Trinajstić information content (AvgIpc) is 2.82. The maximum absolute atomic E-state index is 11.9. The van der Waals surface area contributed by atoms with Crippen LogP contribution in [-0.2, 0) is 9.59 Å². The molecule has 7 heteroatoms. The maximum Gasteiger partial charge on any atom is 0.317 e. The zero-order chi connectivity index (χ0) is 16.0. The summed E-state index contributed by atoms with van der Waals surface area (Å²) in [6.45, 7) is 4.02. The Morgan fingerprint density at radius 2 is 1.95 bits per heavy atom. The number of rotatable bonds is 6. The van der Waals surface area contributed by atoms with E-state index in [9.17, 15) is 14.4 Å². The van der Waals surface area contributed by atoms with E-state index in [2.05, 4.69) is 10.6 Å². The van der Waals surface area contributed by atoms with Crippen molar-refractivity contribution >= 4 is 17.9 Å². The molecule has 0 radical (unpaired) electrons. The lowest BCUT2D eigenvalue weighted by Gasteiger charge is -2.21. The Balaban J connectivity index is 2.36. The van der Waals surface area contributed by atoms with Crippen LogP contribution >= 0.6 is 0 Å². The van der Waals surface area contributed by atoms with Gasteiger partial charge in [0.15, 0.2) is 0 Å². The second-order valence-corrected chi connectivity index (χ2v) is 5.90. The van der Waals surface area contributed by atoms with Crippen LogP contribution < -0.4 is 10.6 Å². The molecule has 120 valence electrons. The molecular formula is C14H25N3O4. The minimum absolute atomic E-state index is 0.0168. The number of carbonyl (C=O) groups is 3. The van der Waals surface area contributed by atoms with Gasteiger partial charge in [0.05, 0.1) is 5.92 Å². The molecule has 2 atom stereocenters. The monoisotopic (exact) mass is 299 g/mol. The van der Waals surface area contributed by atoms with Crippen molar-refractivity contribution in [2.75, 3.05) is 20.1 Å². The highest BCUT2D eigenvalue weighted by molar-refractivity contribution is 5.84. The summed E-state index contributed by atoms with van der Waals surface area (Å²) >= 11 is 0. The Bertz CT molecular complexity index is 398. The molecule has 1 rings (SSSR count). The Kier molecular flexibility index (Phi) is 6.45. The summed E-state index contributed by atoms with van der Waals surface area (Å²) in [4.78, 5) is 35.8. The third-order valence-electron chi connectivity index (χ3n) is 3.67. The van der Waals surface area contributed by atoms with Crippen LogP contribution in [0.25, 0.3) is 0 Å².